The maximum Gasteiger partial charge on any atom is 0.327 e. The predicted molar refractivity (Wildman–Crippen MR) is 356 cm³/mol. The Bertz CT molecular complexity index is 1560. The van der Waals surface area contributed by atoms with E-state index in [9.17, 15) is 28.8 Å². The monoisotopic (exact) mass is 1190 g/mol. The third-order valence-electron chi connectivity index (χ3n) is 13.0. The van der Waals surface area contributed by atoms with Gasteiger partial charge in [0.05, 0.1) is 6.42 Å². The van der Waals surface area contributed by atoms with E-state index in [1.807, 2.05) is 12.2 Å². The quantitative estimate of drug-likeness (QED) is 0.0190. The minimum Gasteiger partial charge on any atom is -0.481 e. The number of allylic oxidation sites excluding steroid dienone is 10. The lowest BCUT2D eigenvalue weighted by Gasteiger charge is -1.98. The zero-order valence-electron chi connectivity index (χ0n) is 55.0. The number of carbonyl (C=O) groups is 6. The van der Waals surface area contributed by atoms with Gasteiger partial charge in [0, 0.05) is 31.8 Å². The van der Waals surface area contributed by atoms with E-state index in [0.29, 0.717) is 25.7 Å². The van der Waals surface area contributed by atoms with Crippen molar-refractivity contribution in [3.8, 4) is 0 Å². The van der Waals surface area contributed by atoms with Crippen molar-refractivity contribution >= 4 is 35.8 Å². The van der Waals surface area contributed by atoms with Crippen molar-refractivity contribution in [2.75, 3.05) is 0 Å². The van der Waals surface area contributed by atoms with Crippen LogP contribution in [0.4, 0.5) is 0 Å². The molecule has 0 rings (SSSR count). The molecule has 0 aliphatic carbocycles. The number of rotatable bonds is 54. The lowest BCUT2D eigenvalue weighted by Crippen LogP contribution is -1.93. The van der Waals surface area contributed by atoms with Crippen molar-refractivity contribution in [3.05, 3.63) is 72.9 Å². The first-order chi connectivity index (χ1) is 40.6. The first kappa shape index (κ1) is 90.4. The van der Waals surface area contributed by atoms with Gasteiger partial charge in [0.1, 0.15) is 0 Å². The molecule has 84 heavy (non-hydrogen) atoms. The average Bonchev–Trinajstić information content (AvgIpc) is 3.45. The molecule has 0 heterocycles. The van der Waals surface area contributed by atoms with Crippen LogP contribution in [0.3, 0.4) is 0 Å². The molecule has 6 N–H and O–H groups in total. The molecular weight excluding hydrogens is 1060 g/mol. The number of aliphatic carboxylic acids is 6. The van der Waals surface area contributed by atoms with Crippen molar-refractivity contribution in [3.63, 3.8) is 0 Å². The first-order valence-corrected chi connectivity index (χ1v) is 33.9. The van der Waals surface area contributed by atoms with Crippen LogP contribution < -0.4 is 0 Å². The van der Waals surface area contributed by atoms with Gasteiger partial charge in [-0.2, -0.15) is 0 Å². The van der Waals surface area contributed by atoms with Gasteiger partial charge in [0.25, 0.3) is 0 Å². The van der Waals surface area contributed by atoms with Gasteiger partial charge in [-0.3, -0.25) is 24.0 Å². The summed E-state index contributed by atoms with van der Waals surface area (Å²) in [5, 5.41) is 50.3. The van der Waals surface area contributed by atoms with Crippen molar-refractivity contribution in [1.29, 1.82) is 0 Å². The van der Waals surface area contributed by atoms with E-state index in [0.717, 1.165) is 89.9 Å². The number of carboxylic acid groups (broad SMARTS) is 6. The van der Waals surface area contributed by atoms with Crippen LogP contribution in [0.5, 0.6) is 0 Å². The molecule has 0 fully saturated rings. The van der Waals surface area contributed by atoms with E-state index in [1.54, 1.807) is 12.2 Å². The second-order valence-corrected chi connectivity index (χ2v) is 21.7. The topological polar surface area (TPSA) is 224 Å². The second kappa shape index (κ2) is 87.0. The highest BCUT2D eigenvalue weighted by Gasteiger charge is 1.98. The lowest BCUT2D eigenvalue weighted by atomic mass is 10.1. The molecule has 0 aromatic heterocycles. The number of hydrogen-bond acceptors (Lipinski definition) is 6. The van der Waals surface area contributed by atoms with Gasteiger partial charge < -0.3 is 30.6 Å². The van der Waals surface area contributed by atoms with Crippen LogP contribution in [-0.2, 0) is 28.8 Å². The van der Waals surface area contributed by atoms with Crippen molar-refractivity contribution in [2.45, 2.75) is 350 Å². The van der Waals surface area contributed by atoms with E-state index in [2.05, 4.69) is 84.1 Å². The highest BCUT2D eigenvalue weighted by molar-refractivity contribution is 5.79. The fourth-order valence-corrected chi connectivity index (χ4v) is 7.91. The summed E-state index contributed by atoms with van der Waals surface area (Å²) in [6.45, 7) is 13.3. The molecule has 0 unspecified atom stereocenters. The SMILES string of the molecule is CCCC/C=C\CCCCCC(=O)O.CCCCC/C=C\CCCCC(=O)O.CCCCCC/C=C\CCCC(=O)O.CCCCCCC/C=C\CCC(=O)O.CCCCCCCC/C=C\CC(=O)O.CCCCCCCCC/C=C\C(=O)O. The molecule has 0 saturated heterocycles. The van der Waals surface area contributed by atoms with Gasteiger partial charge in [0.15, 0.2) is 0 Å². The van der Waals surface area contributed by atoms with Crippen molar-refractivity contribution < 1.29 is 59.4 Å². The molecule has 0 saturated carbocycles. The molecule has 12 heteroatoms. The lowest BCUT2D eigenvalue weighted by molar-refractivity contribution is -0.138. The van der Waals surface area contributed by atoms with Crippen LogP contribution in [-0.4, -0.2) is 66.5 Å². The Hall–Kier alpha value is -4.74. The number of unbranched alkanes of at least 4 members (excludes halogenated alkanes) is 33. The Morgan fingerprint density at radius 1 is 0.214 bits per heavy atom. The molecule has 0 aliphatic rings. The van der Waals surface area contributed by atoms with Gasteiger partial charge in [-0.15, -0.1) is 0 Å². The van der Waals surface area contributed by atoms with Crippen LogP contribution in [0.25, 0.3) is 0 Å². The summed E-state index contributed by atoms with van der Waals surface area (Å²) in [7, 11) is 0. The van der Waals surface area contributed by atoms with Crippen LogP contribution in [0.1, 0.15) is 350 Å². The molecule has 0 aromatic carbocycles. The minimum absolute atomic E-state index is 0.163. The average molecular weight is 1190 g/mol. The van der Waals surface area contributed by atoms with Crippen LogP contribution in [0, 0.1) is 0 Å². The van der Waals surface area contributed by atoms with Gasteiger partial charge in [-0.25, -0.2) is 4.79 Å². The van der Waals surface area contributed by atoms with Gasteiger partial charge in [-0.05, 0) is 128 Å². The molecule has 12 nitrogen and oxygen atoms in total. The molecule has 0 atom stereocenters. The summed E-state index contributed by atoms with van der Waals surface area (Å²) in [5.41, 5.74) is 0. The highest BCUT2D eigenvalue weighted by Crippen LogP contribution is 2.11. The van der Waals surface area contributed by atoms with E-state index in [4.69, 9.17) is 30.6 Å². The second-order valence-electron chi connectivity index (χ2n) is 21.7. The van der Waals surface area contributed by atoms with E-state index in [-0.39, 0.29) is 12.8 Å². The summed E-state index contributed by atoms with van der Waals surface area (Å²) in [4.78, 5) is 61.0. The summed E-state index contributed by atoms with van der Waals surface area (Å²) >= 11 is 0. The maximum atomic E-state index is 10.2. The van der Waals surface area contributed by atoms with Crippen molar-refractivity contribution in [1.82, 2.24) is 0 Å². The normalized spacial score (nSPS) is 10.9. The Kier molecular flexibility index (Phi) is 93.7. The van der Waals surface area contributed by atoms with Crippen LogP contribution >= 0.6 is 0 Å². The van der Waals surface area contributed by atoms with Crippen LogP contribution in [0.2, 0.25) is 0 Å². The molecule has 0 bridgehead atoms. The Morgan fingerprint density at radius 3 is 0.786 bits per heavy atom. The van der Waals surface area contributed by atoms with Crippen molar-refractivity contribution in [2.24, 2.45) is 0 Å². The number of carboxylic acids is 6. The Labute approximate surface area is 515 Å². The third-order valence-corrected chi connectivity index (χ3v) is 13.0. The van der Waals surface area contributed by atoms with Gasteiger partial charge >= 0.3 is 35.8 Å². The van der Waals surface area contributed by atoms with Gasteiger partial charge in [0.2, 0.25) is 0 Å². The smallest absolute Gasteiger partial charge is 0.327 e. The zero-order valence-corrected chi connectivity index (χ0v) is 55.0. The highest BCUT2D eigenvalue weighted by atomic mass is 16.4. The Morgan fingerprint density at radius 2 is 0.440 bits per heavy atom. The molecule has 0 amide bonds. The molecule has 0 aromatic rings. The predicted octanol–water partition coefficient (Wildman–Crippen LogP) is 22.6. The molecular formula is C72H132O12. The Balaban J connectivity index is -0.000000217. The largest absolute Gasteiger partial charge is 0.481 e. The molecule has 0 radical (unpaired) electrons. The number of hydrogen-bond donors (Lipinski definition) is 6. The fourth-order valence-electron chi connectivity index (χ4n) is 7.91. The first-order valence-electron chi connectivity index (χ1n) is 33.9. The summed E-state index contributed by atoms with van der Waals surface area (Å²) < 4.78 is 0. The standard InChI is InChI=1S/6C12H22O2/c6*1-2-3-4-5-6-7-8-9-10-11-12(13)14/h10-11H,2-9H2,1H3,(H,13,14);9-10H,2-8,11H2,1H3,(H,13,14);8-9H,2-7,10-11H2,1H3,(H,13,14);7-8H,2-6,9-11H2,1H3,(H,13,14);6-7H,2-5,8-11H2,1H3,(H,13,14);5-6H,2-4,7-11H2,1H3,(H,13,14)/b11-10-;10-9-;9-8-;8-7-;7-6-;6-5-. The van der Waals surface area contributed by atoms with Crippen LogP contribution in [0.15, 0.2) is 72.9 Å². The fraction of sp³-hybridized carbons (Fsp3) is 0.750. The molecule has 0 aliphatic heterocycles. The summed E-state index contributed by atoms with van der Waals surface area (Å²) in [5.74, 6) is -4.35. The maximum absolute atomic E-state index is 10.2. The molecule has 0 spiro atoms. The van der Waals surface area contributed by atoms with Gasteiger partial charge in [-0.1, -0.05) is 256 Å². The van der Waals surface area contributed by atoms with E-state index in [1.165, 1.54) is 186 Å². The molecule has 492 valence electrons. The zero-order chi connectivity index (χ0) is 63.9. The summed E-state index contributed by atoms with van der Waals surface area (Å²) in [6.07, 6.45) is 75.8. The minimum atomic E-state index is -0.840. The third kappa shape index (κ3) is 120. The van der Waals surface area contributed by atoms with E-state index >= 15 is 0 Å². The summed E-state index contributed by atoms with van der Waals surface area (Å²) in [6, 6.07) is 0. The van der Waals surface area contributed by atoms with E-state index < -0.39 is 35.8 Å².